The van der Waals surface area contributed by atoms with Crippen molar-refractivity contribution in [2.75, 3.05) is 46.2 Å². The summed E-state index contributed by atoms with van der Waals surface area (Å²) in [5, 5.41) is 8.37. The van der Waals surface area contributed by atoms with Gasteiger partial charge in [-0.15, -0.1) is 0 Å². The zero-order chi connectivity index (χ0) is 24.1. The maximum absolute atomic E-state index is 8.37. The van der Waals surface area contributed by atoms with E-state index in [2.05, 4.69) is 76.2 Å². The zero-order valence-corrected chi connectivity index (χ0v) is 22.7. The predicted molar refractivity (Wildman–Crippen MR) is 132 cm³/mol. The fraction of sp³-hybridized carbons (Fsp3) is 1.00. The monoisotopic (exact) mass is 434 g/mol. The molecule has 0 heterocycles. The quantitative estimate of drug-likeness (QED) is 0.332. The molecule has 0 spiro atoms. The second kappa shape index (κ2) is 20.7. The van der Waals surface area contributed by atoms with Crippen LogP contribution in [-0.4, -0.2) is 51.4 Å². The van der Waals surface area contributed by atoms with Crippen LogP contribution in [0.5, 0.6) is 0 Å². The van der Waals surface area contributed by atoms with Gasteiger partial charge in [-0.3, -0.25) is 0 Å². The van der Waals surface area contributed by atoms with E-state index in [9.17, 15) is 0 Å². The van der Waals surface area contributed by atoms with E-state index in [1.165, 1.54) is 12.8 Å². The van der Waals surface area contributed by atoms with Crippen molar-refractivity contribution >= 4 is 0 Å². The molecule has 0 atom stereocenters. The molecule has 0 aliphatic heterocycles. The zero-order valence-electron chi connectivity index (χ0n) is 22.7. The Bertz CT molecular complexity index is 321. The topological polar surface area (TPSA) is 47.9 Å². The molecule has 30 heavy (non-hydrogen) atoms. The molecule has 0 saturated carbocycles. The van der Waals surface area contributed by atoms with Crippen molar-refractivity contribution in [3.8, 4) is 0 Å². The van der Waals surface area contributed by atoms with Gasteiger partial charge in [0.1, 0.15) is 0 Å². The summed E-state index contributed by atoms with van der Waals surface area (Å²) < 4.78 is 15.8. The summed E-state index contributed by atoms with van der Waals surface area (Å²) >= 11 is 0. The fourth-order valence-corrected chi connectivity index (χ4v) is 2.14. The first-order valence-corrected chi connectivity index (χ1v) is 12.0. The second-order valence-corrected chi connectivity index (χ2v) is 11.5. The minimum atomic E-state index is 0.129. The molecule has 0 radical (unpaired) electrons. The summed E-state index contributed by atoms with van der Waals surface area (Å²) in [6, 6.07) is 0. The van der Waals surface area contributed by atoms with E-state index in [-0.39, 0.29) is 6.61 Å². The van der Waals surface area contributed by atoms with E-state index >= 15 is 0 Å². The number of hydrogen-bond acceptors (Lipinski definition) is 4. The van der Waals surface area contributed by atoms with Gasteiger partial charge < -0.3 is 19.3 Å². The lowest BCUT2D eigenvalue weighted by atomic mass is 9.91. The molecule has 4 heteroatoms. The smallest absolute Gasteiger partial charge is 0.0700 e. The van der Waals surface area contributed by atoms with Crippen molar-refractivity contribution in [2.24, 2.45) is 16.2 Å². The largest absolute Gasteiger partial charge is 0.394 e. The molecular formula is C26H58O4. The normalized spacial score (nSPS) is 12.0. The van der Waals surface area contributed by atoms with Crippen LogP contribution in [0.3, 0.4) is 0 Å². The van der Waals surface area contributed by atoms with Crippen LogP contribution in [0, 0.1) is 16.2 Å². The van der Waals surface area contributed by atoms with Crippen molar-refractivity contribution in [1.82, 2.24) is 0 Å². The van der Waals surface area contributed by atoms with Crippen LogP contribution in [0.2, 0.25) is 0 Å². The molecule has 0 unspecified atom stereocenters. The molecule has 0 aliphatic carbocycles. The van der Waals surface area contributed by atoms with E-state index < -0.39 is 0 Å². The molecule has 0 aromatic carbocycles. The standard InChI is InChI=1S/C11H24O2.C8H18O2.C7H16/c1-5-7-12-9-10-13-8-6-11(2,3)4;1-8(2,3)4-6-10-7-5-9;1-5-6-7(2,3)4/h5-10H2,1-4H3;9H,4-7H2,1-3H3;5-6H2,1-4H3. The lowest BCUT2D eigenvalue weighted by Crippen LogP contribution is -2.12. The molecule has 0 rings (SSSR count). The van der Waals surface area contributed by atoms with Gasteiger partial charge in [0.15, 0.2) is 0 Å². The number of aliphatic hydroxyl groups excluding tert-OH is 1. The Labute approximate surface area is 190 Å². The van der Waals surface area contributed by atoms with Crippen molar-refractivity contribution < 1.29 is 19.3 Å². The van der Waals surface area contributed by atoms with Crippen LogP contribution in [0.15, 0.2) is 0 Å². The molecule has 0 aromatic heterocycles. The van der Waals surface area contributed by atoms with E-state index in [1.54, 1.807) is 0 Å². The fourth-order valence-electron chi connectivity index (χ4n) is 2.14. The second-order valence-electron chi connectivity index (χ2n) is 11.5. The molecule has 1 N–H and O–H groups in total. The summed E-state index contributed by atoms with van der Waals surface area (Å²) in [4.78, 5) is 0. The Morgan fingerprint density at radius 3 is 1.10 bits per heavy atom. The number of rotatable bonds is 12. The Morgan fingerprint density at radius 1 is 0.467 bits per heavy atom. The highest BCUT2D eigenvalue weighted by Crippen LogP contribution is 2.19. The molecule has 0 saturated heterocycles. The lowest BCUT2D eigenvalue weighted by molar-refractivity contribution is 0.0390. The summed E-state index contributed by atoms with van der Waals surface area (Å²) in [6.07, 6.45) is 5.90. The molecule has 0 fully saturated rings. The average Bonchev–Trinajstić information content (AvgIpc) is 2.56. The van der Waals surface area contributed by atoms with Gasteiger partial charge in [0.25, 0.3) is 0 Å². The Morgan fingerprint density at radius 2 is 0.833 bits per heavy atom. The van der Waals surface area contributed by atoms with Crippen LogP contribution < -0.4 is 0 Å². The summed E-state index contributed by atoms with van der Waals surface area (Å²) in [5.74, 6) is 0. The summed E-state index contributed by atoms with van der Waals surface area (Å²) in [6.45, 7) is 28.9. The molecule has 0 bridgehead atoms. The molecule has 0 aromatic rings. The first-order chi connectivity index (χ1) is 13.7. The highest BCUT2D eigenvalue weighted by Gasteiger charge is 2.09. The highest BCUT2D eigenvalue weighted by molar-refractivity contribution is 4.60. The van der Waals surface area contributed by atoms with Gasteiger partial charge in [-0.25, -0.2) is 0 Å². The third-order valence-corrected chi connectivity index (χ3v) is 3.95. The van der Waals surface area contributed by atoms with Crippen LogP contribution >= 0.6 is 0 Å². The van der Waals surface area contributed by atoms with Crippen molar-refractivity contribution in [3.63, 3.8) is 0 Å². The maximum Gasteiger partial charge on any atom is 0.0700 e. The first-order valence-electron chi connectivity index (χ1n) is 12.0. The Balaban J connectivity index is -0.000000383. The van der Waals surface area contributed by atoms with E-state index in [0.29, 0.717) is 22.9 Å². The van der Waals surface area contributed by atoms with Gasteiger partial charge in [-0.2, -0.15) is 0 Å². The Kier molecular flexibility index (Phi) is 23.8. The van der Waals surface area contributed by atoms with Gasteiger partial charge in [0.05, 0.1) is 26.4 Å². The lowest BCUT2D eigenvalue weighted by Gasteiger charge is -2.17. The molecule has 4 nitrogen and oxygen atoms in total. The third kappa shape index (κ3) is 46.2. The maximum atomic E-state index is 8.37. The minimum absolute atomic E-state index is 0.129. The van der Waals surface area contributed by atoms with Crippen LogP contribution in [0.4, 0.5) is 0 Å². The SMILES string of the molecule is CC(C)(C)CCOCCO.CCCC(C)(C)C.CCCOCCOCCC(C)(C)C. The van der Waals surface area contributed by atoms with Crippen molar-refractivity contribution in [3.05, 3.63) is 0 Å². The third-order valence-electron chi connectivity index (χ3n) is 3.95. The molecular weight excluding hydrogens is 376 g/mol. The van der Waals surface area contributed by atoms with E-state index in [4.69, 9.17) is 19.3 Å². The van der Waals surface area contributed by atoms with Gasteiger partial charge in [-0.1, -0.05) is 82.6 Å². The average molecular weight is 435 g/mol. The van der Waals surface area contributed by atoms with Crippen LogP contribution in [0.1, 0.15) is 108 Å². The first kappa shape index (κ1) is 34.5. The van der Waals surface area contributed by atoms with Crippen molar-refractivity contribution in [1.29, 1.82) is 0 Å². The summed E-state index contributed by atoms with van der Waals surface area (Å²) in [5.41, 5.74) is 1.27. The van der Waals surface area contributed by atoms with Crippen molar-refractivity contribution in [2.45, 2.75) is 108 Å². The molecule has 0 aliphatic rings. The highest BCUT2D eigenvalue weighted by atomic mass is 16.5. The van der Waals surface area contributed by atoms with Gasteiger partial charge in [0.2, 0.25) is 0 Å². The van der Waals surface area contributed by atoms with Crippen LogP contribution in [-0.2, 0) is 14.2 Å². The molecule has 186 valence electrons. The summed E-state index contributed by atoms with van der Waals surface area (Å²) in [7, 11) is 0. The van der Waals surface area contributed by atoms with Crippen LogP contribution in [0.25, 0.3) is 0 Å². The van der Waals surface area contributed by atoms with E-state index in [0.717, 1.165) is 52.3 Å². The van der Waals surface area contributed by atoms with Gasteiger partial charge in [0, 0.05) is 19.8 Å². The minimum Gasteiger partial charge on any atom is -0.394 e. The Hall–Kier alpha value is -0.160. The number of aliphatic hydroxyl groups is 1. The number of ether oxygens (including phenoxy) is 3. The predicted octanol–water partition coefficient (Wildman–Crippen LogP) is 7.13. The van der Waals surface area contributed by atoms with Gasteiger partial charge in [-0.05, 0) is 41.9 Å². The van der Waals surface area contributed by atoms with E-state index in [1.807, 2.05) is 0 Å². The van der Waals surface area contributed by atoms with Gasteiger partial charge >= 0.3 is 0 Å². The molecule has 0 amide bonds. The number of hydrogen-bond donors (Lipinski definition) is 1.